The number of alkyl halides is 3. The van der Waals surface area contributed by atoms with Gasteiger partial charge in [0.25, 0.3) is 0 Å². The number of amides is 1. The first-order valence-corrected chi connectivity index (χ1v) is 8.67. The lowest BCUT2D eigenvalue weighted by atomic mass is 10.1. The third kappa shape index (κ3) is 5.07. The summed E-state index contributed by atoms with van der Waals surface area (Å²) in [7, 11) is 0. The van der Waals surface area contributed by atoms with Crippen molar-refractivity contribution >= 4 is 11.9 Å². The summed E-state index contributed by atoms with van der Waals surface area (Å²) in [5, 5.41) is 7.12. The number of carboxylic acid groups (broad SMARTS) is 1. The van der Waals surface area contributed by atoms with Crippen LogP contribution >= 0.6 is 0 Å². The van der Waals surface area contributed by atoms with Crippen LogP contribution in [0.1, 0.15) is 25.7 Å². The average molecular weight is 364 g/mol. The van der Waals surface area contributed by atoms with Crippen molar-refractivity contribution in [3.05, 3.63) is 0 Å². The Labute approximate surface area is 143 Å². The van der Waals surface area contributed by atoms with Gasteiger partial charge in [-0.25, -0.2) is 4.79 Å². The molecule has 2 atom stereocenters. The van der Waals surface area contributed by atoms with Gasteiger partial charge in [0.15, 0.2) is 0 Å². The highest BCUT2D eigenvalue weighted by Gasteiger charge is 2.45. The standard InChI is InChI=1S/C14H22N2O2.C2HF3O2/c17-14-9-18-13-8-15(5-10-1-2-10)7-12(13)16(14)6-11-3-4-11;3-2(4,5)1(6)7/h10-13H,1-9H2;(H,6,7)/t12-,13-;/m1./s1. The number of morpholine rings is 1. The molecule has 1 amide bonds. The Morgan fingerprint density at radius 1 is 1.12 bits per heavy atom. The molecule has 142 valence electrons. The second-order valence-electron chi connectivity index (χ2n) is 7.37. The van der Waals surface area contributed by atoms with Crippen molar-refractivity contribution in [2.45, 2.75) is 44.0 Å². The Bertz CT molecular complexity index is 520. The summed E-state index contributed by atoms with van der Waals surface area (Å²) in [6.45, 7) is 4.60. The van der Waals surface area contributed by atoms with Gasteiger partial charge in [0.2, 0.25) is 5.91 Å². The molecule has 0 spiro atoms. The zero-order valence-electron chi connectivity index (χ0n) is 13.9. The lowest BCUT2D eigenvalue weighted by molar-refractivity contribution is -0.192. The zero-order valence-corrected chi connectivity index (χ0v) is 13.9. The number of fused-ring (bicyclic) bond motifs is 1. The molecule has 0 unspecified atom stereocenters. The molecule has 2 saturated heterocycles. The highest BCUT2D eigenvalue weighted by molar-refractivity contribution is 5.78. The van der Waals surface area contributed by atoms with Gasteiger partial charge >= 0.3 is 12.1 Å². The van der Waals surface area contributed by atoms with E-state index in [2.05, 4.69) is 9.80 Å². The van der Waals surface area contributed by atoms with Crippen LogP contribution in [-0.2, 0) is 14.3 Å². The Morgan fingerprint density at radius 3 is 2.20 bits per heavy atom. The Morgan fingerprint density at radius 2 is 1.68 bits per heavy atom. The molecule has 9 heteroatoms. The summed E-state index contributed by atoms with van der Waals surface area (Å²) in [5.74, 6) is -0.827. The molecule has 4 fully saturated rings. The fraction of sp³-hybridized carbons (Fsp3) is 0.875. The van der Waals surface area contributed by atoms with Crippen LogP contribution in [0, 0.1) is 11.8 Å². The van der Waals surface area contributed by atoms with E-state index in [4.69, 9.17) is 14.6 Å². The van der Waals surface area contributed by atoms with Gasteiger partial charge in [-0.3, -0.25) is 9.69 Å². The van der Waals surface area contributed by atoms with Gasteiger partial charge in [-0.1, -0.05) is 0 Å². The van der Waals surface area contributed by atoms with Gasteiger partial charge in [-0.2, -0.15) is 13.2 Å². The van der Waals surface area contributed by atoms with Crippen LogP contribution in [-0.4, -0.2) is 77.9 Å². The molecular formula is C16H23F3N2O4. The van der Waals surface area contributed by atoms with E-state index < -0.39 is 12.1 Å². The summed E-state index contributed by atoms with van der Waals surface area (Å²) in [5.41, 5.74) is 0. The van der Waals surface area contributed by atoms with Crippen LogP contribution in [0.5, 0.6) is 0 Å². The Hall–Kier alpha value is -1.35. The van der Waals surface area contributed by atoms with E-state index in [9.17, 15) is 18.0 Å². The van der Waals surface area contributed by atoms with E-state index in [1.54, 1.807) is 0 Å². The maximum absolute atomic E-state index is 12.0. The molecule has 0 bridgehead atoms. The summed E-state index contributed by atoms with van der Waals surface area (Å²) < 4.78 is 37.5. The van der Waals surface area contributed by atoms with Crippen molar-refractivity contribution in [3.63, 3.8) is 0 Å². The molecule has 4 rings (SSSR count). The van der Waals surface area contributed by atoms with Crippen LogP contribution in [0.2, 0.25) is 0 Å². The molecule has 0 aromatic rings. The summed E-state index contributed by atoms with van der Waals surface area (Å²) in [6, 6.07) is 0.339. The maximum atomic E-state index is 12.0. The molecule has 0 aromatic carbocycles. The third-order valence-electron chi connectivity index (χ3n) is 5.06. The number of carbonyl (C=O) groups excluding carboxylic acids is 1. The minimum Gasteiger partial charge on any atom is -0.475 e. The molecule has 2 aliphatic carbocycles. The maximum Gasteiger partial charge on any atom is 0.490 e. The number of aliphatic carboxylic acids is 1. The van der Waals surface area contributed by atoms with Gasteiger partial charge in [-0.05, 0) is 37.5 Å². The third-order valence-corrected chi connectivity index (χ3v) is 5.06. The molecular weight excluding hydrogens is 341 g/mol. The van der Waals surface area contributed by atoms with E-state index in [0.29, 0.717) is 12.6 Å². The molecule has 0 aromatic heterocycles. The van der Waals surface area contributed by atoms with E-state index in [1.807, 2.05) is 0 Å². The number of carbonyl (C=O) groups is 2. The predicted octanol–water partition coefficient (Wildman–Crippen LogP) is 1.35. The van der Waals surface area contributed by atoms with Crippen molar-refractivity contribution in [1.82, 2.24) is 9.80 Å². The number of nitrogens with zero attached hydrogens (tertiary/aromatic N) is 2. The van der Waals surface area contributed by atoms with Gasteiger partial charge in [0, 0.05) is 26.2 Å². The van der Waals surface area contributed by atoms with Gasteiger partial charge < -0.3 is 14.7 Å². The molecule has 2 heterocycles. The van der Waals surface area contributed by atoms with Crippen LogP contribution in [0.15, 0.2) is 0 Å². The molecule has 1 N–H and O–H groups in total. The van der Waals surface area contributed by atoms with Gasteiger partial charge in [0.1, 0.15) is 6.61 Å². The van der Waals surface area contributed by atoms with Crippen molar-refractivity contribution in [3.8, 4) is 0 Å². The normalized spacial score (nSPS) is 29.9. The van der Waals surface area contributed by atoms with E-state index in [1.165, 1.54) is 32.2 Å². The van der Waals surface area contributed by atoms with E-state index in [-0.39, 0.29) is 12.0 Å². The monoisotopic (exact) mass is 364 g/mol. The minimum atomic E-state index is -5.08. The Balaban J connectivity index is 0.000000225. The van der Waals surface area contributed by atoms with Crippen LogP contribution in [0.4, 0.5) is 13.2 Å². The SMILES string of the molecule is O=C(O)C(F)(F)F.O=C1CO[C@@H]2CN(CC3CC3)C[C@H]2N1CC1CC1. The quantitative estimate of drug-likeness (QED) is 0.816. The lowest BCUT2D eigenvalue weighted by Crippen LogP contribution is -2.54. The van der Waals surface area contributed by atoms with E-state index in [0.717, 1.165) is 31.5 Å². The fourth-order valence-electron chi connectivity index (χ4n) is 3.37. The molecule has 4 aliphatic rings. The topological polar surface area (TPSA) is 70.1 Å². The molecule has 2 aliphatic heterocycles. The van der Waals surface area contributed by atoms with E-state index >= 15 is 0 Å². The van der Waals surface area contributed by atoms with Crippen LogP contribution in [0.25, 0.3) is 0 Å². The number of halogens is 3. The first kappa shape index (κ1) is 18.4. The molecule has 25 heavy (non-hydrogen) atoms. The summed E-state index contributed by atoms with van der Waals surface area (Å²) >= 11 is 0. The van der Waals surface area contributed by atoms with Gasteiger partial charge in [-0.15, -0.1) is 0 Å². The number of rotatable bonds is 4. The highest BCUT2D eigenvalue weighted by atomic mass is 19.4. The number of hydrogen-bond donors (Lipinski definition) is 1. The second kappa shape index (κ2) is 7.11. The first-order valence-electron chi connectivity index (χ1n) is 8.67. The highest BCUT2D eigenvalue weighted by Crippen LogP contribution is 2.35. The minimum absolute atomic E-state index is 0.219. The fourth-order valence-corrected chi connectivity index (χ4v) is 3.37. The lowest BCUT2D eigenvalue weighted by Gasteiger charge is -2.36. The molecule has 0 radical (unpaired) electrons. The summed E-state index contributed by atoms with van der Waals surface area (Å²) in [4.78, 5) is 25.6. The van der Waals surface area contributed by atoms with Crippen molar-refractivity contribution in [1.29, 1.82) is 0 Å². The number of hydrogen-bond acceptors (Lipinski definition) is 4. The largest absolute Gasteiger partial charge is 0.490 e. The second-order valence-corrected chi connectivity index (χ2v) is 7.37. The smallest absolute Gasteiger partial charge is 0.475 e. The van der Waals surface area contributed by atoms with Gasteiger partial charge in [0.05, 0.1) is 12.1 Å². The number of ether oxygens (including phenoxy) is 1. The van der Waals surface area contributed by atoms with Crippen molar-refractivity contribution in [2.75, 3.05) is 32.8 Å². The van der Waals surface area contributed by atoms with Crippen molar-refractivity contribution in [2.24, 2.45) is 11.8 Å². The Kier molecular flexibility index (Phi) is 5.24. The summed E-state index contributed by atoms with van der Waals surface area (Å²) in [6.07, 6.45) is 0.622. The number of likely N-dealkylation sites (tertiary alicyclic amines) is 1. The van der Waals surface area contributed by atoms with Crippen LogP contribution in [0.3, 0.4) is 0 Å². The molecule has 6 nitrogen and oxygen atoms in total. The zero-order chi connectivity index (χ0) is 18.2. The van der Waals surface area contributed by atoms with Crippen LogP contribution < -0.4 is 0 Å². The first-order chi connectivity index (χ1) is 11.7. The van der Waals surface area contributed by atoms with Crippen molar-refractivity contribution < 1.29 is 32.6 Å². The number of carboxylic acids is 1. The average Bonchev–Trinajstić information content (AvgIpc) is 3.42. The predicted molar refractivity (Wildman–Crippen MR) is 80.8 cm³/mol. The molecule has 2 saturated carbocycles.